The van der Waals surface area contributed by atoms with E-state index in [1.165, 1.54) is 0 Å². The van der Waals surface area contributed by atoms with Crippen LogP contribution >= 0.6 is 0 Å². The summed E-state index contributed by atoms with van der Waals surface area (Å²) < 4.78 is 0. The Balaban J connectivity index is 2.09. The Morgan fingerprint density at radius 1 is 1.47 bits per heavy atom. The summed E-state index contributed by atoms with van der Waals surface area (Å²) in [4.78, 5) is 17.9. The van der Waals surface area contributed by atoms with Crippen molar-refractivity contribution in [2.45, 2.75) is 13.3 Å². The normalized spacial score (nSPS) is 16.3. The van der Waals surface area contributed by atoms with Gasteiger partial charge in [-0.05, 0) is 19.1 Å². The highest BCUT2D eigenvalue weighted by atomic mass is 16.1. The molecule has 0 spiro atoms. The maximum absolute atomic E-state index is 11.3. The molecule has 1 aliphatic rings. The molecule has 0 aromatic carbocycles. The van der Waals surface area contributed by atoms with Crippen LogP contribution in [-0.2, 0) is 4.79 Å². The maximum atomic E-state index is 11.3. The summed E-state index contributed by atoms with van der Waals surface area (Å²) >= 11 is 0. The third-order valence-electron chi connectivity index (χ3n) is 2.73. The van der Waals surface area contributed by atoms with Gasteiger partial charge in [-0.1, -0.05) is 6.07 Å². The number of anilines is 2. The van der Waals surface area contributed by atoms with Gasteiger partial charge in [-0.2, -0.15) is 0 Å². The molecule has 17 heavy (non-hydrogen) atoms. The van der Waals surface area contributed by atoms with E-state index in [1.54, 1.807) is 0 Å². The zero-order valence-electron chi connectivity index (χ0n) is 10.1. The molecule has 0 saturated carbocycles. The molecule has 0 atom stereocenters. The first-order valence-corrected chi connectivity index (χ1v) is 6.02. The van der Waals surface area contributed by atoms with Crippen molar-refractivity contribution in [2.75, 3.05) is 36.4 Å². The molecule has 0 unspecified atom stereocenters. The van der Waals surface area contributed by atoms with Crippen molar-refractivity contribution in [3.8, 4) is 0 Å². The van der Waals surface area contributed by atoms with Crippen LogP contribution in [0, 0.1) is 0 Å². The lowest BCUT2D eigenvalue weighted by Crippen LogP contribution is -2.29. The summed E-state index contributed by atoms with van der Waals surface area (Å²) in [6, 6.07) is 5.92. The average molecular weight is 234 g/mol. The van der Waals surface area contributed by atoms with Crippen molar-refractivity contribution in [3.63, 3.8) is 0 Å². The Kier molecular flexibility index (Phi) is 3.80. The molecule has 1 fully saturated rings. The zero-order valence-corrected chi connectivity index (χ0v) is 10.1. The van der Waals surface area contributed by atoms with Crippen LogP contribution < -0.4 is 15.5 Å². The van der Waals surface area contributed by atoms with Crippen molar-refractivity contribution < 1.29 is 4.79 Å². The third-order valence-corrected chi connectivity index (χ3v) is 2.73. The third kappa shape index (κ3) is 3.09. The SMILES string of the molecule is CCNc1cccc(N2CCNC(=O)CC2)n1. The summed E-state index contributed by atoms with van der Waals surface area (Å²) in [5.74, 6) is 1.93. The Morgan fingerprint density at radius 3 is 3.18 bits per heavy atom. The molecule has 5 heteroatoms. The Labute approximate surface area is 101 Å². The van der Waals surface area contributed by atoms with Gasteiger partial charge in [0, 0.05) is 32.6 Å². The van der Waals surface area contributed by atoms with Gasteiger partial charge in [-0.3, -0.25) is 4.79 Å². The molecular formula is C12H18N4O. The van der Waals surface area contributed by atoms with Crippen LogP contribution in [0.15, 0.2) is 18.2 Å². The lowest BCUT2D eigenvalue weighted by Gasteiger charge is -2.21. The number of pyridine rings is 1. The van der Waals surface area contributed by atoms with Crippen LogP contribution in [0.2, 0.25) is 0 Å². The molecular weight excluding hydrogens is 216 g/mol. The van der Waals surface area contributed by atoms with Gasteiger partial charge < -0.3 is 15.5 Å². The highest BCUT2D eigenvalue weighted by Gasteiger charge is 2.14. The van der Waals surface area contributed by atoms with Crippen molar-refractivity contribution in [3.05, 3.63) is 18.2 Å². The van der Waals surface area contributed by atoms with E-state index in [2.05, 4.69) is 20.5 Å². The molecule has 92 valence electrons. The van der Waals surface area contributed by atoms with E-state index in [0.29, 0.717) is 13.0 Å². The number of hydrogen-bond donors (Lipinski definition) is 2. The monoisotopic (exact) mass is 234 g/mol. The number of nitrogens with zero attached hydrogens (tertiary/aromatic N) is 2. The van der Waals surface area contributed by atoms with Gasteiger partial charge in [0.05, 0.1) is 0 Å². The van der Waals surface area contributed by atoms with Gasteiger partial charge in [-0.15, -0.1) is 0 Å². The number of hydrogen-bond acceptors (Lipinski definition) is 4. The van der Waals surface area contributed by atoms with Crippen LogP contribution in [0.3, 0.4) is 0 Å². The van der Waals surface area contributed by atoms with Gasteiger partial charge in [0.2, 0.25) is 5.91 Å². The highest BCUT2D eigenvalue weighted by Crippen LogP contribution is 2.15. The maximum Gasteiger partial charge on any atom is 0.221 e. The van der Waals surface area contributed by atoms with E-state index < -0.39 is 0 Å². The van der Waals surface area contributed by atoms with Crippen LogP contribution in [0.4, 0.5) is 11.6 Å². The topological polar surface area (TPSA) is 57.3 Å². The second-order valence-corrected chi connectivity index (χ2v) is 4.00. The molecule has 2 heterocycles. The lowest BCUT2D eigenvalue weighted by atomic mass is 10.3. The van der Waals surface area contributed by atoms with E-state index in [1.807, 2.05) is 25.1 Å². The highest BCUT2D eigenvalue weighted by molar-refractivity contribution is 5.77. The number of rotatable bonds is 3. The minimum absolute atomic E-state index is 0.121. The smallest absolute Gasteiger partial charge is 0.221 e. The van der Waals surface area contributed by atoms with Crippen LogP contribution in [0.1, 0.15) is 13.3 Å². The second-order valence-electron chi connectivity index (χ2n) is 4.00. The number of carbonyl (C=O) groups is 1. The van der Waals surface area contributed by atoms with E-state index in [-0.39, 0.29) is 5.91 Å². The summed E-state index contributed by atoms with van der Waals surface area (Å²) in [5.41, 5.74) is 0. The molecule has 2 rings (SSSR count). The molecule has 1 amide bonds. The van der Waals surface area contributed by atoms with Gasteiger partial charge in [-0.25, -0.2) is 4.98 Å². The minimum Gasteiger partial charge on any atom is -0.370 e. The van der Waals surface area contributed by atoms with Gasteiger partial charge in [0.25, 0.3) is 0 Å². The standard InChI is InChI=1S/C12H18N4O/c1-2-13-10-4-3-5-11(15-10)16-8-6-12(17)14-7-9-16/h3-5H,2,6-9H2,1H3,(H,13,15)(H,14,17). The van der Waals surface area contributed by atoms with Crippen molar-refractivity contribution >= 4 is 17.5 Å². The number of amides is 1. The summed E-state index contributed by atoms with van der Waals surface area (Å²) in [6.07, 6.45) is 0.535. The molecule has 1 aliphatic heterocycles. The second kappa shape index (κ2) is 5.52. The molecule has 1 aromatic rings. The molecule has 0 bridgehead atoms. The van der Waals surface area contributed by atoms with Crippen LogP contribution in [0.25, 0.3) is 0 Å². The fraction of sp³-hybridized carbons (Fsp3) is 0.500. The molecule has 5 nitrogen and oxygen atoms in total. The number of carbonyl (C=O) groups excluding carboxylic acids is 1. The number of nitrogens with one attached hydrogen (secondary N) is 2. The fourth-order valence-corrected chi connectivity index (χ4v) is 1.88. The average Bonchev–Trinajstić information content (AvgIpc) is 2.55. The summed E-state index contributed by atoms with van der Waals surface area (Å²) in [7, 11) is 0. The van der Waals surface area contributed by atoms with Gasteiger partial charge >= 0.3 is 0 Å². The quantitative estimate of drug-likeness (QED) is 0.813. The first kappa shape index (κ1) is 11.7. The van der Waals surface area contributed by atoms with Crippen LogP contribution in [-0.4, -0.2) is 37.1 Å². The Morgan fingerprint density at radius 2 is 2.35 bits per heavy atom. The fourth-order valence-electron chi connectivity index (χ4n) is 1.88. The van der Waals surface area contributed by atoms with E-state index >= 15 is 0 Å². The first-order chi connectivity index (χ1) is 8.29. The summed E-state index contributed by atoms with van der Waals surface area (Å²) in [5, 5.41) is 6.05. The molecule has 2 N–H and O–H groups in total. The van der Waals surface area contributed by atoms with Crippen LogP contribution in [0.5, 0.6) is 0 Å². The predicted molar refractivity (Wildman–Crippen MR) is 68.2 cm³/mol. The van der Waals surface area contributed by atoms with Gasteiger partial charge in [0.1, 0.15) is 11.6 Å². The van der Waals surface area contributed by atoms with Crippen molar-refractivity contribution in [1.82, 2.24) is 10.3 Å². The van der Waals surface area contributed by atoms with E-state index in [9.17, 15) is 4.79 Å². The lowest BCUT2D eigenvalue weighted by molar-refractivity contribution is -0.120. The largest absolute Gasteiger partial charge is 0.370 e. The molecule has 0 radical (unpaired) electrons. The minimum atomic E-state index is 0.121. The van der Waals surface area contributed by atoms with Crippen molar-refractivity contribution in [1.29, 1.82) is 0 Å². The van der Waals surface area contributed by atoms with E-state index in [0.717, 1.165) is 31.3 Å². The molecule has 1 aromatic heterocycles. The van der Waals surface area contributed by atoms with E-state index in [4.69, 9.17) is 0 Å². The predicted octanol–water partition coefficient (Wildman–Crippen LogP) is 0.840. The Hall–Kier alpha value is -1.78. The Bertz CT molecular complexity index is 394. The van der Waals surface area contributed by atoms with Crippen molar-refractivity contribution in [2.24, 2.45) is 0 Å². The summed E-state index contributed by atoms with van der Waals surface area (Å²) in [6.45, 7) is 5.13. The molecule has 1 saturated heterocycles. The zero-order chi connectivity index (χ0) is 12.1. The number of aromatic nitrogens is 1. The first-order valence-electron chi connectivity index (χ1n) is 6.02. The molecule has 0 aliphatic carbocycles. The van der Waals surface area contributed by atoms with Gasteiger partial charge in [0.15, 0.2) is 0 Å².